The van der Waals surface area contributed by atoms with Crippen LogP contribution < -0.4 is 4.74 Å². The first kappa shape index (κ1) is 23.0. The van der Waals surface area contributed by atoms with Gasteiger partial charge >= 0.3 is 0 Å². The number of carbonyl (C=O) groups is 1. The summed E-state index contributed by atoms with van der Waals surface area (Å²) in [7, 11) is 0. The topological polar surface area (TPSA) is 60.2 Å². The van der Waals surface area contributed by atoms with Crippen LogP contribution in [0.2, 0.25) is 0 Å². The van der Waals surface area contributed by atoms with E-state index in [4.69, 9.17) is 9.72 Å². The lowest BCUT2D eigenvalue weighted by Crippen LogP contribution is -2.39. The van der Waals surface area contributed by atoms with E-state index in [0.29, 0.717) is 25.5 Å². The van der Waals surface area contributed by atoms with Gasteiger partial charge in [0.05, 0.1) is 6.61 Å². The molecule has 0 bridgehead atoms. The van der Waals surface area contributed by atoms with E-state index < -0.39 is 0 Å². The molecule has 0 radical (unpaired) electrons. The maximum atomic E-state index is 12.9. The molecule has 1 amide bonds. The largest absolute Gasteiger partial charge is 0.494 e. The van der Waals surface area contributed by atoms with Crippen molar-refractivity contribution < 1.29 is 9.53 Å². The fourth-order valence-electron chi connectivity index (χ4n) is 4.63. The summed E-state index contributed by atoms with van der Waals surface area (Å²) < 4.78 is 7.84. The van der Waals surface area contributed by atoms with Gasteiger partial charge < -0.3 is 14.2 Å². The number of rotatable bonds is 9. The highest BCUT2D eigenvalue weighted by Crippen LogP contribution is 2.27. The quantitative estimate of drug-likeness (QED) is 0.481. The van der Waals surface area contributed by atoms with E-state index >= 15 is 0 Å². The molecule has 1 fully saturated rings. The smallest absolute Gasteiger partial charge is 0.224 e. The van der Waals surface area contributed by atoms with Gasteiger partial charge in [0.15, 0.2) is 0 Å². The van der Waals surface area contributed by atoms with E-state index in [2.05, 4.69) is 34.7 Å². The average Bonchev–Trinajstić information content (AvgIpc) is 3.32. The van der Waals surface area contributed by atoms with Gasteiger partial charge in [0.2, 0.25) is 5.91 Å². The zero-order valence-corrected chi connectivity index (χ0v) is 19.7. The second kappa shape index (κ2) is 11.1. The minimum atomic E-state index is 0.222. The molecule has 3 heterocycles. The number of aromatic nitrogens is 3. The van der Waals surface area contributed by atoms with Gasteiger partial charge in [-0.15, -0.1) is 0 Å². The Kier molecular flexibility index (Phi) is 7.76. The number of piperidine rings is 1. The maximum absolute atomic E-state index is 12.9. The molecule has 1 aromatic carbocycles. The van der Waals surface area contributed by atoms with Crippen molar-refractivity contribution in [3.05, 3.63) is 77.6 Å². The van der Waals surface area contributed by atoms with Gasteiger partial charge in [-0.05, 0) is 43.0 Å². The normalized spacial score (nSPS) is 16.1. The molecule has 33 heavy (non-hydrogen) atoms. The predicted octanol–water partition coefficient (Wildman–Crippen LogP) is 4.63. The van der Waals surface area contributed by atoms with Crippen molar-refractivity contribution in [1.29, 1.82) is 0 Å². The number of pyridine rings is 1. The minimum Gasteiger partial charge on any atom is -0.494 e. The molecular formula is C27H34N4O2. The SMILES string of the molecule is CCOc1ccccc1Cc1ccc(C2CCCN(C(=O)CCn3ccnc3CC)C2)nc1. The van der Waals surface area contributed by atoms with Crippen LogP contribution in [0, 0.1) is 0 Å². The van der Waals surface area contributed by atoms with Gasteiger partial charge in [0.1, 0.15) is 11.6 Å². The summed E-state index contributed by atoms with van der Waals surface area (Å²) in [5, 5.41) is 0. The molecule has 1 aliphatic rings. The molecular weight excluding hydrogens is 412 g/mol. The van der Waals surface area contributed by atoms with Crippen LogP contribution in [-0.4, -0.2) is 45.0 Å². The van der Waals surface area contributed by atoms with E-state index in [1.54, 1.807) is 0 Å². The number of amides is 1. The average molecular weight is 447 g/mol. The molecule has 3 aromatic rings. The monoisotopic (exact) mass is 446 g/mol. The molecule has 1 aliphatic heterocycles. The number of nitrogens with zero attached hydrogens (tertiary/aromatic N) is 4. The summed E-state index contributed by atoms with van der Waals surface area (Å²) in [5.74, 6) is 2.49. The fraction of sp³-hybridized carbons (Fsp3) is 0.444. The van der Waals surface area contributed by atoms with Crippen molar-refractivity contribution >= 4 is 5.91 Å². The third kappa shape index (κ3) is 5.81. The number of imidazole rings is 1. The third-order valence-electron chi connectivity index (χ3n) is 6.39. The molecule has 1 unspecified atom stereocenters. The van der Waals surface area contributed by atoms with Crippen LogP contribution in [0.3, 0.4) is 0 Å². The van der Waals surface area contributed by atoms with Gasteiger partial charge in [0, 0.05) is 69.1 Å². The Bertz CT molecular complexity index is 1040. The second-order valence-electron chi connectivity index (χ2n) is 8.63. The van der Waals surface area contributed by atoms with E-state index in [1.165, 1.54) is 11.1 Å². The number of para-hydroxylation sites is 1. The minimum absolute atomic E-state index is 0.222. The number of ether oxygens (including phenoxy) is 1. The Morgan fingerprint density at radius 1 is 1.15 bits per heavy atom. The third-order valence-corrected chi connectivity index (χ3v) is 6.39. The number of likely N-dealkylation sites (tertiary alicyclic amines) is 1. The summed E-state index contributed by atoms with van der Waals surface area (Å²) in [4.78, 5) is 24.0. The maximum Gasteiger partial charge on any atom is 0.224 e. The number of carbonyl (C=O) groups excluding carboxylic acids is 1. The van der Waals surface area contributed by atoms with Crippen molar-refractivity contribution in [2.24, 2.45) is 0 Å². The molecule has 1 saturated heterocycles. The summed E-state index contributed by atoms with van der Waals surface area (Å²) in [6.07, 6.45) is 10.0. The van der Waals surface area contributed by atoms with Crippen molar-refractivity contribution in [1.82, 2.24) is 19.4 Å². The van der Waals surface area contributed by atoms with Gasteiger partial charge in [-0.1, -0.05) is 31.2 Å². The van der Waals surface area contributed by atoms with Crippen LogP contribution >= 0.6 is 0 Å². The summed E-state index contributed by atoms with van der Waals surface area (Å²) in [5.41, 5.74) is 3.42. The highest BCUT2D eigenvalue weighted by molar-refractivity contribution is 5.76. The van der Waals surface area contributed by atoms with Crippen LogP contribution in [0.1, 0.15) is 61.7 Å². The highest BCUT2D eigenvalue weighted by Gasteiger charge is 2.25. The molecule has 2 aromatic heterocycles. The zero-order chi connectivity index (χ0) is 23.0. The number of benzene rings is 1. The summed E-state index contributed by atoms with van der Waals surface area (Å²) >= 11 is 0. The molecule has 6 nitrogen and oxygen atoms in total. The first-order valence-corrected chi connectivity index (χ1v) is 12.1. The molecule has 6 heteroatoms. The molecule has 0 saturated carbocycles. The molecule has 1 atom stereocenters. The fourth-order valence-corrected chi connectivity index (χ4v) is 4.63. The first-order chi connectivity index (χ1) is 16.2. The van der Waals surface area contributed by atoms with E-state index in [-0.39, 0.29) is 5.91 Å². The molecule has 174 valence electrons. The second-order valence-corrected chi connectivity index (χ2v) is 8.63. The molecule has 0 spiro atoms. The van der Waals surface area contributed by atoms with E-state index in [1.807, 2.05) is 48.6 Å². The van der Waals surface area contributed by atoms with Crippen molar-refractivity contribution in [3.63, 3.8) is 0 Å². The van der Waals surface area contributed by atoms with Crippen LogP contribution in [0.25, 0.3) is 0 Å². The van der Waals surface area contributed by atoms with Crippen molar-refractivity contribution in [2.75, 3.05) is 19.7 Å². The number of aryl methyl sites for hydroxylation is 2. The Morgan fingerprint density at radius 3 is 2.82 bits per heavy atom. The van der Waals surface area contributed by atoms with Crippen molar-refractivity contribution in [3.8, 4) is 5.75 Å². The van der Waals surface area contributed by atoms with Gasteiger partial charge in [0.25, 0.3) is 0 Å². The van der Waals surface area contributed by atoms with E-state index in [9.17, 15) is 4.79 Å². The lowest BCUT2D eigenvalue weighted by atomic mass is 9.93. The van der Waals surface area contributed by atoms with Gasteiger partial charge in [-0.2, -0.15) is 0 Å². The van der Waals surface area contributed by atoms with Gasteiger partial charge in [-0.25, -0.2) is 4.98 Å². The molecule has 0 N–H and O–H groups in total. The van der Waals surface area contributed by atoms with Crippen molar-refractivity contribution in [2.45, 2.75) is 58.4 Å². The number of hydrogen-bond acceptors (Lipinski definition) is 4. The van der Waals surface area contributed by atoms with E-state index in [0.717, 1.165) is 56.0 Å². The lowest BCUT2D eigenvalue weighted by Gasteiger charge is -2.32. The predicted molar refractivity (Wildman–Crippen MR) is 129 cm³/mol. The Hall–Kier alpha value is -3.15. The standard InChI is InChI=1S/C27H34N4O2/c1-3-26-28-14-17-30(26)16-13-27(32)31-15-7-9-23(20-31)24-12-11-21(19-29-24)18-22-8-5-6-10-25(22)33-4-2/h5-6,8,10-12,14,17,19,23H,3-4,7,9,13,15-16,18,20H2,1-2H3. The molecule has 0 aliphatic carbocycles. The Morgan fingerprint density at radius 2 is 2.03 bits per heavy atom. The zero-order valence-electron chi connectivity index (χ0n) is 19.7. The number of hydrogen-bond donors (Lipinski definition) is 0. The Balaban J connectivity index is 1.35. The van der Waals surface area contributed by atoms with Crippen LogP contribution in [-0.2, 0) is 24.2 Å². The molecule has 4 rings (SSSR count). The Labute approximate surface area is 196 Å². The lowest BCUT2D eigenvalue weighted by molar-refractivity contribution is -0.132. The highest BCUT2D eigenvalue weighted by atomic mass is 16.5. The van der Waals surface area contributed by atoms with Gasteiger partial charge in [-0.3, -0.25) is 9.78 Å². The first-order valence-electron chi connectivity index (χ1n) is 12.1. The summed E-state index contributed by atoms with van der Waals surface area (Å²) in [6, 6.07) is 12.5. The summed E-state index contributed by atoms with van der Waals surface area (Å²) in [6.45, 7) is 7.04. The van der Waals surface area contributed by atoms with Crippen LogP contribution in [0.15, 0.2) is 55.0 Å². The van der Waals surface area contributed by atoms with Crippen LogP contribution in [0.5, 0.6) is 5.75 Å². The van der Waals surface area contributed by atoms with Crippen LogP contribution in [0.4, 0.5) is 0 Å².